The van der Waals surface area contributed by atoms with Crippen molar-refractivity contribution in [1.82, 2.24) is 0 Å². The fraction of sp³-hybridized carbons (Fsp3) is 0.772. The molecule has 0 saturated heterocycles. The fourth-order valence-corrected chi connectivity index (χ4v) is 11.9. The normalized spacial score (nSPS) is 14.4. The van der Waals surface area contributed by atoms with Crippen LogP contribution in [-0.2, 0) is 65.4 Å². The third-order valence-electron chi connectivity index (χ3n) is 16.3. The van der Waals surface area contributed by atoms with Gasteiger partial charge in [0.25, 0.3) is 0 Å². The number of ether oxygens (including phenoxy) is 4. The van der Waals surface area contributed by atoms with E-state index in [1.165, 1.54) is 109 Å². The van der Waals surface area contributed by atoms with Gasteiger partial charge in [-0.2, -0.15) is 0 Å². The highest BCUT2D eigenvalue weighted by Gasteiger charge is 2.30. The molecule has 0 bridgehead atoms. The van der Waals surface area contributed by atoms with Crippen molar-refractivity contribution >= 4 is 39.5 Å². The van der Waals surface area contributed by atoms with Crippen molar-refractivity contribution < 1.29 is 80.2 Å². The van der Waals surface area contributed by atoms with Crippen LogP contribution in [0.15, 0.2) is 85.1 Å². The third-order valence-corrected chi connectivity index (χ3v) is 18.2. The fourth-order valence-electron chi connectivity index (χ4n) is 10.3. The maximum Gasteiger partial charge on any atom is 0.472 e. The van der Waals surface area contributed by atoms with E-state index in [1.54, 1.807) is 0 Å². The molecule has 3 N–H and O–H groups in total. The van der Waals surface area contributed by atoms with E-state index in [0.29, 0.717) is 32.1 Å². The molecule has 568 valence electrons. The van der Waals surface area contributed by atoms with Crippen LogP contribution in [0.1, 0.15) is 336 Å². The quantitative estimate of drug-likeness (QED) is 0.0169. The van der Waals surface area contributed by atoms with Gasteiger partial charge in [-0.15, -0.1) is 0 Å². The number of hydrogen-bond acceptors (Lipinski definition) is 15. The third kappa shape index (κ3) is 70.7. The molecule has 0 amide bonds. The van der Waals surface area contributed by atoms with E-state index in [2.05, 4.69) is 101 Å². The molecule has 0 aromatic carbocycles. The molecule has 0 saturated carbocycles. The number of carbonyl (C=O) groups is 4. The molecule has 0 heterocycles. The summed E-state index contributed by atoms with van der Waals surface area (Å²) >= 11 is 0. The Morgan fingerprint density at radius 3 is 0.847 bits per heavy atom. The number of aliphatic hydroxyl groups excluding tert-OH is 1. The van der Waals surface area contributed by atoms with Crippen molar-refractivity contribution in [2.24, 2.45) is 0 Å². The average molecular weight is 1420 g/mol. The van der Waals surface area contributed by atoms with Crippen molar-refractivity contribution in [2.45, 2.75) is 354 Å². The second-order valence-corrected chi connectivity index (χ2v) is 28.8. The average Bonchev–Trinajstić information content (AvgIpc) is 1.02. The largest absolute Gasteiger partial charge is 0.472 e. The predicted octanol–water partition coefficient (Wildman–Crippen LogP) is 22.2. The number of phosphoric acid groups is 2. The Labute approximate surface area is 595 Å². The molecule has 0 aromatic rings. The lowest BCUT2D eigenvalue weighted by atomic mass is 10.1. The van der Waals surface area contributed by atoms with E-state index < -0.39 is 97.5 Å². The highest BCUT2D eigenvalue weighted by Crippen LogP contribution is 2.45. The highest BCUT2D eigenvalue weighted by atomic mass is 31.2. The minimum absolute atomic E-state index is 0.0186. The van der Waals surface area contributed by atoms with Gasteiger partial charge < -0.3 is 33.8 Å². The number of carbonyl (C=O) groups excluding carboxylic acids is 4. The van der Waals surface area contributed by atoms with Crippen LogP contribution >= 0.6 is 15.6 Å². The molecule has 0 aliphatic rings. The standard InChI is InChI=1S/C79H140O17P2/c1-5-9-13-17-21-25-29-33-35-36-38-42-46-50-54-58-62-66-79(84)96-75(69-89-76(81)63-59-55-51-47-43-39-31-27-23-19-15-11-7-3)72-94-98(87,88)92-68-73(80)67-91-97(85,86)93-71-74(95-78(83)65-61-57-53-49-45-40-32-28-24-20-16-12-8-4)70-90-77(82)64-60-56-52-48-44-41-37-34-30-26-22-18-14-10-6-2/h21,25,27-28,31-35,37-38,42,50,54,73-75,80H,5-20,22-24,26,29-30,36,39-41,43-49,51-53,55-72H2,1-4H3,(H,85,86)(H,87,88)/b25-21-,31-27-,32-28-,35-33-,37-34-,42-38-,54-50-/t73-,74+,75+/m0/s1. The monoisotopic (exact) mass is 1420 g/mol. The molecular formula is C79H140O17P2. The maximum absolute atomic E-state index is 13.1. The zero-order valence-electron chi connectivity index (χ0n) is 62.0. The number of rotatable bonds is 73. The molecule has 5 atom stereocenters. The summed E-state index contributed by atoms with van der Waals surface area (Å²) < 4.78 is 68.4. The van der Waals surface area contributed by atoms with Crippen molar-refractivity contribution in [3.8, 4) is 0 Å². The number of unbranched alkanes of at least 4 members (excludes halogenated alkanes) is 33. The van der Waals surface area contributed by atoms with E-state index in [0.717, 1.165) is 141 Å². The zero-order valence-corrected chi connectivity index (χ0v) is 63.7. The maximum atomic E-state index is 13.1. The van der Waals surface area contributed by atoms with Gasteiger partial charge in [0, 0.05) is 25.7 Å². The van der Waals surface area contributed by atoms with Crippen LogP contribution in [-0.4, -0.2) is 96.7 Å². The minimum Gasteiger partial charge on any atom is -0.462 e. The molecule has 0 radical (unpaired) electrons. The summed E-state index contributed by atoms with van der Waals surface area (Å²) in [5.74, 6) is -2.25. The van der Waals surface area contributed by atoms with Crippen molar-refractivity contribution in [1.29, 1.82) is 0 Å². The molecule has 0 spiro atoms. The molecule has 0 aliphatic carbocycles. The Kier molecular flexibility index (Phi) is 68.9. The number of esters is 4. The number of phosphoric ester groups is 2. The summed E-state index contributed by atoms with van der Waals surface area (Å²) in [4.78, 5) is 72.8. The van der Waals surface area contributed by atoms with E-state index >= 15 is 0 Å². The highest BCUT2D eigenvalue weighted by molar-refractivity contribution is 7.47. The summed E-state index contributed by atoms with van der Waals surface area (Å²) in [6.07, 6.45) is 72.9. The van der Waals surface area contributed by atoms with Gasteiger partial charge in [-0.25, -0.2) is 9.13 Å². The van der Waals surface area contributed by atoms with Crippen LogP contribution < -0.4 is 0 Å². The molecule has 17 nitrogen and oxygen atoms in total. The molecular weight excluding hydrogens is 1280 g/mol. The smallest absolute Gasteiger partial charge is 0.462 e. The Hall–Kier alpha value is -3.76. The second kappa shape index (κ2) is 71.6. The zero-order chi connectivity index (χ0) is 71.8. The van der Waals surface area contributed by atoms with Gasteiger partial charge in [0.05, 0.1) is 26.4 Å². The van der Waals surface area contributed by atoms with E-state index in [-0.39, 0.29) is 25.7 Å². The summed E-state index contributed by atoms with van der Waals surface area (Å²) in [7, 11) is -9.97. The first-order valence-electron chi connectivity index (χ1n) is 38.8. The lowest BCUT2D eigenvalue weighted by Gasteiger charge is -2.21. The molecule has 0 fully saturated rings. The molecule has 0 aromatic heterocycles. The molecule has 0 aliphatic heterocycles. The molecule has 0 rings (SSSR count). The van der Waals surface area contributed by atoms with Crippen LogP contribution in [0.4, 0.5) is 0 Å². The first-order valence-corrected chi connectivity index (χ1v) is 41.8. The van der Waals surface area contributed by atoms with E-state index in [1.807, 2.05) is 12.2 Å². The van der Waals surface area contributed by atoms with E-state index in [9.17, 15) is 43.2 Å². The van der Waals surface area contributed by atoms with Gasteiger partial charge >= 0.3 is 39.5 Å². The first-order chi connectivity index (χ1) is 47.7. The number of aliphatic hydroxyl groups is 1. The minimum atomic E-state index is -4.99. The van der Waals surface area contributed by atoms with Gasteiger partial charge in [-0.1, -0.05) is 254 Å². The van der Waals surface area contributed by atoms with E-state index in [4.69, 9.17) is 37.0 Å². The van der Waals surface area contributed by atoms with Gasteiger partial charge in [0.15, 0.2) is 12.2 Å². The van der Waals surface area contributed by atoms with Crippen LogP contribution in [0.3, 0.4) is 0 Å². The first kappa shape index (κ1) is 94.2. The number of allylic oxidation sites excluding steroid dienone is 14. The number of hydrogen-bond donors (Lipinski definition) is 3. The Morgan fingerprint density at radius 2 is 0.510 bits per heavy atom. The second-order valence-electron chi connectivity index (χ2n) is 25.9. The summed E-state index contributed by atoms with van der Waals surface area (Å²) in [5, 5.41) is 10.6. The van der Waals surface area contributed by atoms with Crippen LogP contribution in [0.5, 0.6) is 0 Å². The lowest BCUT2D eigenvalue weighted by molar-refractivity contribution is -0.161. The predicted molar refractivity (Wildman–Crippen MR) is 399 cm³/mol. The van der Waals surface area contributed by atoms with Crippen LogP contribution in [0, 0.1) is 0 Å². The van der Waals surface area contributed by atoms with Gasteiger partial charge in [0.2, 0.25) is 0 Å². The molecule has 2 unspecified atom stereocenters. The van der Waals surface area contributed by atoms with Crippen LogP contribution in [0.25, 0.3) is 0 Å². The van der Waals surface area contributed by atoms with Crippen LogP contribution in [0.2, 0.25) is 0 Å². The van der Waals surface area contributed by atoms with Gasteiger partial charge in [0.1, 0.15) is 19.3 Å². The lowest BCUT2D eigenvalue weighted by Crippen LogP contribution is -2.30. The van der Waals surface area contributed by atoms with Crippen molar-refractivity contribution in [3.05, 3.63) is 85.1 Å². The Morgan fingerprint density at radius 1 is 0.286 bits per heavy atom. The summed E-state index contributed by atoms with van der Waals surface area (Å²) in [6, 6.07) is 0. The van der Waals surface area contributed by atoms with Gasteiger partial charge in [-0.05, 0) is 141 Å². The molecule has 19 heteroatoms. The Balaban J connectivity index is 5.40. The van der Waals surface area contributed by atoms with Crippen molar-refractivity contribution in [3.63, 3.8) is 0 Å². The SMILES string of the molecule is CCCCC/C=C\C/C=C\C/C=C\C/C=C\CCCC(=O)O[C@H](COC(=O)CCCCCCC/C=C\CCCCCC)COP(=O)(O)OC[C@@H](O)COP(=O)(O)OC[C@@H](COC(=O)CCCCCCC/C=C\CCCCCCCC)OC(=O)CCCCCCC/C=C\CCCCCC. The summed E-state index contributed by atoms with van der Waals surface area (Å²) in [6.45, 7) is 4.75. The Bertz CT molecular complexity index is 2190. The topological polar surface area (TPSA) is 237 Å². The molecule has 98 heavy (non-hydrogen) atoms. The van der Waals surface area contributed by atoms with Gasteiger partial charge in [-0.3, -0.25) is 37.3 Å². The summed E-state index contributed by atoms with van der Waals surface area (Å²) in [5.41, 5.74) is 0. The van der Waals surface area contributed by atoms with Crippen molar-refractivity contribution in [2.75, 3.05) is 39.6 Å².